The van der Waals surface area contributed by atoms with Gasteiger partial charge in [0.05, 0.1) is 12.1 Å². The van der Waals surface area contributed by atoms with E-state index in [4.69, 9.17) is 17.3 Å². The summed E-state index contributed by atoms with van der Waals surface area (Å²) >= 11 is 5.86. The van der Waals surface area contributed by atoms with Crippen molar-refractivity contribution in [2.75, 3.05) is 0 Å². The van der Waals surface area contributed by atoms with Gasteiger partial charge >= 0.3 is 0 Å². The van der Waals surface area contributed by atoms with E-state index in [9.17, 15) is 5.11 Å². The van der Waals surface area contributed by atoms with Crippen molar-refractivity contribution in [2.45, 2.75) is 32.4 Å². The van der Waals surface area contributed by atoms with Crippen LogP contribution in [0.3, 0.4) is 0 Å². The van der Waals surface area contributed by atoms with Crippen LogP contribution in [0.2, 0.25) is 5.02 Å². The molecule has 1 rings (SSSR count). The molecule has 3 N–H and O–H groups in total. The SMILES string of the molecule is CC(C)C[C@H](O)[C@H](N)c1cccc(Cl)c1.Cl. The summed E-state index contributed by atoms with van der Waals surface area (Å²) < 4.78 is 0. The Kier molecular flexibility index (Phi) is 7.00. The van der Waals surface area contributed by atoms with Gasteiger partial charge in [-0.15, -0.1) is 12.4 Å². The molecule has 0 radical (unpaired) electrons. The highest BCUT2D eigenvalue weighted by atomic mass is 35.5. The Morgan fingerprint density at radius 2 is 2.00 bits per heavy atom. The number of aliphatic hydroxyl groups excluding tert-OH is 1. The van der Waals surface area contributed by atoms with Crippen molar-refractivity contribution in [3.8, 4) is 0 Å². The largest absolute Gasteiger partial charge is 0.391 e. The third-order valence-corrected chi connectivity index (χ3v) is 2.60. The minimum Gasteiger partial charge on any atom is -0.391 e. The molecule has 0 aliphatic rings. The van der Waals surface area contributed by atoms with E-state index in [0.717, 1.165) is 5.56 Å². The van der Waals surface area contributed by atoms with Gasteiger partial charge < -0.3 is 10.8 Å². The van der Waals surface area contributed by atoms with Crippen molar-refractivity contribution in [1.29, 1.82) is 0 Å². The van der Waals surface area contributed by atoms with E-state index in [2.05, 4.69) is 13.8 Å². The van der Waals surface area contributed by atoms with Crippen LogP contribution >= 0.6 is 24.0 Å². The van der Waals surface area contributed by atoms with Gasteiger partial charge in [0.15, 0.2) is 0 Å². The Balaban J connectivity index is 0.00000225. The fraction of sp³-hybridized carbons (Fsp3) is 0.500. The molecule has 0 unspecified atom stereocenters. The number of hydrogen-bond donors (Lipinski definition) is 2. The second-order valence-electron chi connectivity index (χ2n) is 4.28. The topological polar surface area (TPSA) is 46.2 Å². The molecule has 0 aliphatic carbocycles. The molecule has 0 bridgehead atoms. The molecular formula is C12H19Cl2NO. The zero-order valence-corrected chi connectivity index (χ0v) is 11.1. The van der Waals surface area contributed by atoms with Gasteiger partial charge in [0.25, 0.3) is 0 Å². The number of benzene rings is 1. The fourth-order valence-electron chi connectivity index (χ4n) is 1.57. The summed E-state index contributed by atoms with van der Waals surface area (Å²) in [5, 5.41) is 10.5. The maximum absolute atomic E-state index is 9.86. The normalized spacial score (nSPS) is 14.4. The smallest absolute Gasteiger partial charge is 0.0735 e. The van der Waals surface area contributed by atoms with Gasteiger partial charge in [0, 0.05) is 5.02 Å². The Labute approximate surface area is 108 Å². The van der Waals surface area contributed by atoms with Crippen LogP contribution in [0.15, 0.2) is 24.3 Å². The molecular weight excluding hydrogens is 245 g/mol. The lowest BCUT2D eigenvalue weighted by molar-refractivity contribution is 0.121. The molecule has 0 aromatic heterocycles. The third kappa shape index (κ3) is 4.71. The molecule has 0 heterocycles. The standard InChI is InChI=1S/C12H18ClNO.ClH/c1-8(2)6-11(15)12(14)9-4-3-5-10(13)7-9;/h3-5,7-8,11-12,15H,6,14H2,1-2H3;1H/t11-,12+;/m0./s1. The number of rotatable bonds is 4. The number of nitrogens with two attached hydrogens (primary N) is 1. The maximum Gasteiger partial charge on any atom is 0.0735 e. The molecule has 2 nitrogen and oxygen atoms in total. The van der Waals surface area contributed by atoms with E-state index in [1.165, 1.54) is 0 Å². The highest BCUT2D eigenvalue weighted by molar-refractivity contribution is 6.30. The highest BCUT2D eigenvalue weighted by Crippen LogP contribution is 2.21. The molecule has 1 aromatic rings. The molecule has 0 aliphatic heterocycles. The lowest BCUT2D eigenvalue weighted by atomic mass is 9.95. The minimum atomic E-state index is -0.511. The van der Waals surface area contributed by atoms with Gasteiger partial charge in [0.2, 0.25) is 0 Å². The second-order valence-corrected chi connectivity index (χ2v) is 4.71. The molecule has 0 spiro atoms. The molecule has 1 aromatic carbocycles. The average molecular weight is 264 g/mol. The molecule has 2 atom stereocenters. The van der Waals surface area contributed by atoms with Crippen LogP contribution in [0.1, 0.15) is 31.9 Å². The Morgan fingerprint density at radius 3 is 2.50 bits per heavy atom. The van der Waals surface area contributed by atoms with E-state index in [1.54, 1.807) is 12.1 Å². The number of hydrogen-bond acceptors (Lipinski definition) is 2. The maximum atomic E-state index is 9.86. The molecule has 0 saturated carbocycles. The first kappa shape index (κ1) is 15.7. The van der Waals surface area contributed by atoms with Crippen LogP contribution in [0.25, 0.3) is 0 Å². The van der Waals surface area contributed by atoms with Crippen LogP contribution in [-0.4, -0.2) is 11.2 Å². The monoisotopic (exact) mass is 263 g/mol. The van der Waals surface area contributed by atoms with Crippen molar-refractivity contribution >= 4 is 24.0 Å². The van der Waals surface area contributed by atoms with E-state index in [-0.39, 0.29) is 18.4 Å². The Bertz CT molecular complexity index is 318. The van der Waals surface area contributed by atoms with Crippen molar-refractivity contribution < 1.29 is 5.11 Å². The predicted molar refractivity (Wildman–Crippen MR) is 71.1 cm³/mol. The molecule has 4 heteroatoms. The van der Waals surface area contributed by atoms with Gasteiger partial charge in [0.1, 0.15) is 0 Å². The van der Waals surface area contributed by atoms with E-state index >= 15 is 0 Å². The first-order chi connectivity index (χ1) is 7.00. The van der Waals surface area contributed by atoms with Crippen molar-refractivity contribution in [2.24, 2.45) is 11.7 Å². The summed E-state index contributed by atoms with van der Waals surface area (Å²) in [4.78, 5) is 0. The van der Waals surface area contributed by atoms with Crippen LogP contribution in [0, 0.1) is 5.92 Å². The molecule has 16 heavy (non-hydrogen) atoms. The summed E-state index contributed by atoms with van der Waals surface area (Å²) in [6.45, 7) is 4.13. The van der Waals surface area contributed by atoms with Gasteiger partial charge in [-0.25, -0.2) is 0 Å². The summed E-state index contributed by atoms with van der Waals surface area (Å²) in [6, 6.07) is 6.98. The van der Waals surface area contributed by atoms with Crippen LogP contribution in [-0.2, 0) is 0 Å². The Morgan fingerprint density at radius 1 is 1.38 bits per heavy atom. The van der Waals surface area contributed by atoms with Gasteiger partial charge in [-0.2, -0.15) is 0 Å². The number of halogens is 2. The quantitative estimate of drug-likeness (QED) is 0.877. The van der Waals surface area contributed by atoms with Gasteiger partial charge in [-0.1, -0.05) is 37.6 Å². The molecule has 92 valence electrons. The van der Waals surface area contributed by atoms with E-state index < -0.39 is 6.10 Å². The average Bonchev–Trinajstić information content (AvgIpc) is 2.15. The van der Waals surface area contributed by atoms with Crippen molar-refractivity contribution in [3.63, 3.8) is 0 Å². The molecule has 0 fully saturated rings. The zero-order chi connectivity index (χ0) is 11.4. The summed E-state index contributed by atoms with van der Waals surface area (Å²) in [7, 11) is 0. The summed E-state index contributed by atoms with van der Waals surface area (Å²) in [5.74, 6) is 0.435. The first-order valence-corrected chi connectivity index (χ1v) is 5.57. The number of aliphatic hydroxyl groups is 1. The summed E-state index contributed by atoms with van der Waals surface area (Å²) in [5.41, 5.74) is 6.83. The molecule has 0 amide bonds. The molecule has 0 saturated heterocycles. The minimum absolute atomic E-state index is 0. The fourth-order valence-corrected chi connectivity index (χ4v) is 1.76. The third-order valence-electron chi connectivity index (χ3n) is 2.36. The van der Waals surface area contributed by atoms with Crippen LogP contribution < -0.4 is 5.73 Å². The first-order valence-electron chi connectivity index (χ1n) is 5.20. The zero-order valence-electron chi connectivity index (χ0n) is 9.56. The lowest BCUT2D eigenvalue weighted by Gasteiger charge is -2.20. The highest BCUT2D eigenvalue weighted by Gasteiger charge is 2.17. The van der Waals surface area contributed by atoms with E-state index in [1.807, 2.05) is 12.1 Å². The Hall–Kier alpha value is -0.280. The van der Waals surface area contributed by atoms with Gasteiger partial charge in [-0.05, 0) is 30.0 Å². The second kappa shape index (κ2) is 7.13. The van der Waals surface area contributed by atoms with Crippen molar-refractivity contribution in [1.82, 2.24) is 0 Å². The lowest BCUT2D eigenvalue weighted by Crippen LogP contribution is -2.27. The van der Waals surface area contributed by atoms with Crippen molar-refractivity contribution in [3.05, 3.63) is 34.9 Å². The predicted octanol–water partition coefficient (Wildman–Crippen LogP) is 3.17. The summed E-state index contributed by atoms with van der Waals surface area (Å²) in [6.07, 6.45) is 0.191. The van der Waals surface area contributed by atoms with Crippen LogP contribution in [0.4, 0.5) is 0 Å². The van der Waals surface area contributed by atoms with Crippen LogP contribution in [0.5, 0.6) is 0 Å². The van der Waals surface area contributed by atoms with E-state index in [0.29, 0.717) is 17.4 Å². The van der Waals surface area contributed by atoms with Gasteiger partial charge in [-0.3, -0.25) is 0 Å².